The maximum absolute atomic E-state index is 11.8. The zero-order chi connectivity index (χ0) is 15.5. The lowest BCUT2D eigenvalue weighted by molar-refractivity contribution is -0.121. The fourth-order valence-corrected chi connectivity index (χ4v) is 4.28. The van der Waals surface area contributed by atoms with E-state index in [0.29, 0.717) is 19.4 Å². The first-order valence-electron chi connectivity index (χ1n) is 7.16. The molecule has 1 aromatic carbocycles. The molecule has 5 nitrogen and oxygen atoms in total. The average molecular weight is 310 g/mol. The number of anilines is 1. The Labute approximate surface area is 126 Å². The Morgan fingerprint density at radius 1 is 1.24 bits per heavy atom. The van der Waals surface area contributed by atoms with Crippen LogP contribution >= 0.6 is 0 Å². The second-order valence-electron chi connectivity index (χ2n) is 5.72. The molecule has 1 unspecified atom stereocenters. The van der Waals surface area contributed by atoms with Gasteiger partial charge in [-0.05, 0) is 43.5 Å². The number of hydrogen-bond acceptors (Lipinski definition) is 4. The zero-order valence-electron chi connectivity index (χ0n) is 12.5. The van der Waals surface area contributed by atoms with E-state index < -0.39 is 9.84 Å². The largest absolute Gasteiger partial charge is 0.385 e. The number of carbonyl (C=O) groups excluding carboxylic acids is 1. The molecule has 1 heterocycles. The highest BCUT2D eigenvalue weighted by Crippen LogP contribution is 2.14. The van der Waals surface area contributed by atoms with Crippen molar-refractivity contribution in [3.05, 3.63) is 29.3 Å². The van der Waals surface area contributed by atoms with Gasteiger partial charge in [0.05, 0.1) is 11.5 Å². The molecule has 1 fully saturated rings. The van der Waals surface area contributed by atoms with Crippen LogP contribution in [0.1, 0.15) is 24.0 Å². The molecule has 1 aliphatic heterocycles. The monoisotopic (exact) mass is 310 g/mol. The van der Waals surface area contributed by atoms with Crippen molar-refractivity contribution in [1.82, 2.24) is 5.32 Å². The molecule has 116 valence electrons. The van der Waals surface area contributed by atoms with Crippen LogP contribution in [0, 0.1) is 13.8 Å². The highest BCUT2D eigenvalue weighted by atomic mass is 32.2. The van der Waals surface area contributed by atoms with Crippen molar-refractivity contribution in [1.29, 1.82) is 0 Å². The molecule has 1 saturated heterocycles. The van der Waals surface area contributed by atoms with Crippen LogP contribution in [0.4, 0.5) is 5.69 Å². The third-order valence-corrected chi connectivity index (χ3v) is 5.27. The summed E-state index contributed by atoms with van der Waals surface area (Å²) in [5, 5.41) is 6.00. The van der Waals surface area contributed by atoms with Gasteiger partial charge < -0.3 is 10.6 Å². The van der Waals surface area contributed by atoms with Gasteiger partial charge in [-0.1, -0.05) is 6.07 Å². The Bertz CT molecular complexity index is 606. The SMILES string of the molecule is Cc1cc(C)cc(NCCC(=O)NC2CCS(=O)(=O)C2)c1. The van der Waals surface area contributed by atoms with E-state index in [9.17, 15) is 13.2 Å². The molecule has 1 aromatic rings. The summed E-state index contributed by atoms with van der Waals surface area (Å²) in [4.78, 5) is 11.8. The standard InChI is InChI=1S/C15H22N2O3S/c1-11-7-12(2)9-14(8-11)16-5-3-15(18)17-13-4-6-21(19,20)10-13/h7-9,13,16H,3-6,10H2,1-2H3,(H,17,18). The summed E-state index contributed by atoms with van der Waals surface area (Å²) in [6, 6.07) is 5.95. The summed E-state index contributed by atoms with van der Waals surface area (Å²) >= 11 is 0. The summed E-state index contributed by atoms with van der Waals surface area (Å²) < 4.78 is 22.6. The first kappa shape index (κ1) is 15.8. The van der Waals surface area contributed by atoms with Crippen molar-refractivity contribution in [2.45, 2.75) is 32.7 Å². The van der Waals surface area contributed by atoms with Crippen LogP contribution in [0.25, 0.3) is 0 Å². The second-order valence-corrected chi connectivity index (χ2v) is 7.95. The molecule has 1 amide bonds. The van der Waals surface area contributed by atoms with Gasteiger partial charge in [-0.15, -0.1) is 0 Å². The number of rotatable bonds is 5. The summed E-state index contributed by atoms with van der Waals surface area (Å²) in [6.45, 7) is 4.60. The maximum atomic E-state index is 11.8. The lowest BCUT2D eigenvalue weighted by Crippen LogP contribution is -2.36. The van der Waals surface area contributed by atoms with Crippen LogP contribution in [0.2, 0.25) is 0 Å². The van der Waals surface area contributed by atoms with Crippen LogP contribution in [0.5, 0.6) is 0 Å². The Hall–Kier alpha value is -1.56. The predicted octanol–water partition coefficient (Wildman–Crippen LogP) is 1.41. The van der Waals surface area contributed by atoms with Crippen LogP contribution in [-0.4, -0.2) is 38.4 Å². The summed E-state index contributed by atoms with van der Waals surface area (Å²) in [6.07, 6.45) is 0.863. The van der Waals surface area contributed by atoms with Crippen LogP contribution in [-0.2, 0) is 14.6 Å². The number of aryl methyl sites for hydroxylation is 2. The predicted molar refractivity (Wildman–Crippen MR) is 84.2 cm³/mol. The van der Waals surface area contributed by atoms with E-state index in [4.69, 9.17) is 0 Å². The average Bonchev–Trinajstić information content (AvgIpc) is 2.67. The van der Waals surface area contributed by atoms with E-state index in [2.05, 4.69) is 16.7 Å². The van der Waals surface area contributed by atoms with E-state index in [0.717, 1.165) is 5.69 Å². The molecule has 21 heavy (non-hydrogen) atoms. The van der Waals surface area contributed by atoms with Gasteiger partial charge in [-0.3, -0.25) is 4.79 Å². The van der Waals surface area contributed by atoms with Crippen molar-refractivity contribution in [3.63, 3.8) is 0 Å². The van der Waals surface area contributed by atoms with Crippen molar-refractivity contribution >= 4 is 21.4 Å². The number of sulfone groups is 1. The van der Waals surface area contributed by atoms with Gasteiger partial charge >= 0.3 is 0 Å². The van der Waals surface area contributed by atoms with Gasteiger partial charge in [0, 0.05) is 24.7 Å². The van der Waals surface area contributed by atoms with Crippen LogP contribution in [0.3, 0.4) is 0 Å². The molecule has 0 bridgehead atoms. The molecule has 0 saturated carbocycles. The molecule has 0 aliphatic carbocycles. The Morgan fingerprint density at radius 2 is 1.90 bits per heavy atom. The Balaban J connectivity index is 1.74. The van der Waals surface area contributed by atoms with Crippen molar-refractivity contribution in [2.24, 2.45) is 0 Å². The Morgan fingerprint density at radius 3 is 2.48 bits per heavy atom. The molecule has 2 N–H and O–H groups in total. The molecule has 0 spiro atoms. The van der Waals surface area contributed by atoms with Gasteiger partial charge in [0.25, 0.3) is 0 Å². The quantitative estimate of drug-likeness (QED) is 0.862. The van der Waals surface area contributed by atoms with E-state index in [1.165, 1.54) is 11.1 Å². The molecule has 6 heteroatoms. The minimum Gasteiger partial charge on any atom is -0.385 e. The van der Waals surface area contributed by atoms with Crippen molar-refractivity contribution < 1.29 is 13.2 Å². The number of benzene rings is 1. The smallest absolute Gasteiger partial charge is 0.222 e. The fraction of sp³-hybridized carbons (Fsp3) is 0.533. The molecular weight excluding hydrogens is 288 g/mol. The number of amides is 1. The third-order valence-electron chi connectivity index (χ3n) is 3.50. The Kier molecular flexibility index (Phi) is 4.88. The third kappa shape index (κ3) is 5.04. The maximum Gasteiger partial charge on any atom is 0.222 e. The molecule has 0 radical (unpaired) electrons. The van der Waals surface area contributed by atoms with Gasteiger partial charge in [-0.2, -0.15) is 0 Å². The fourth-order valence-electron chi connectivity index (χ4n) is 2.61. The number of nitrogens with one attached hydrogen (secondary N) is 2. The zero-order valence-corrected chi connectivity index (χ0v) is 13.3. The van der Waals surface area contributed by atoms with Gasteiger partial charge in [0.2, 0.25) is 5.91 Å². The van der Waals surface area contributed by atoms with Gasteiger partial charge in [-0.25, -0.2) is 8.42 Å². The lowest BCUT2D eigenvalue weighted by Gasteiger charge is -2.12. The highest BCUT2D eigenvalue weighted by Gasteiger charge is 2.28. The minimum atomic E-state index is -2.94. The summed E-state index contributed by atoms with van der Waals surface area (Å²) in [5.74, 6) is 0.149. The lowest BCUT2D eigenvalue weighted by atomic mass is 10.1. The molecule has 0 aromatic heterocycles. The number of carbonyl (C=O) groups is 1. The first-order valence-corrected chi connectivity index (χ1v) is 8.98. The van der Waals surface area contributed by atoms with E-state index in [1.54, 1.807) is 0 Å². The van der Waals surface area contributed by atoms with Crippen molar-refractivity contribution in [3.8, 4) is 0 Å². The van der Waals surface area contributed by atoms with Crippen molar-refractivity contribution in [2.75, 3.05) is 23.4 Å². The molecule has 2 rings (SSSR count). The molecule has 1 atom stereocenters. The minimum absolute atomic E-state index is 0.0727. The van der Waals surface area contributed by atoms with E-state index >= 15 is 0 Å². The summed E-state index contributed by atoms with van der Waals surface area (Å²) in [7, 11) is -2.94. The topological polar surface area (TPSA) is 75.3 Å². The van der Waals surface area contributed by atoms with Crippen LogP contribution in [0.15, 0.2) is 18.2 Å². The highest BCUT2D eigenvalue weighted by molar-refractivity contribution is 7.91. The summed E-state index contributed by atoms with van der Waals surface area (Å²) in [5.41, 5.74) is 3.36. The number of hydrogen-bond donors (Lipinski definition) is 2. The normalized spacial score (nSPS) is 20.2. The molecule has 1 aliphatic rings. The van der Waals surface area contributed by atoms with Crippen LogP contribution < -0.4 is 10.6 Å². The first-order chi connectivity index (χ1) is 9.84. The van der Waals surface area contributed by atoms with Gasteiger partial charge in [0.1, 0.15) is 0 Å². The van der Waals surface area contributed by atoms with Gasteiger partial charge in [0.15, 0.2) is 9.84 Å². The van der Waals surface area contributed by atoms with E-state index in [1.807, 2.05) is 26.0 Å². The van der Waals surface area contributed by atoms with E-state index in [-0.39, 0.29) is 23.5 Å². The molecular formula is C15H22N2O3S. The second kappa shape index (κ2) is 6.47.